The van der Waals surface area contributed by atoms with Gasteiger partial charge in [-0.15, -0.1) is 0 Å². The van der Waals surface area contributed by atoms with Gasteiger partial charge in [0, 0.05) is 11.6 Å². The summed E-state index contributed by atoms with van der Waals surface area (Å²) in [5, 5.41) is 0. The average molecular weight is 290 g/mol. The molecule has 0 amide bonds. The molecular formula is C18H30N2O. The number of piperidine rings is 1. The zero-order chi connectivity index (χ0) is 15.5. The molecule has 0 saturated carbocycles. The first-order valence-electron chi connectivity index (χ1n) is 8.18. The van der Waals surface area contributed by atoms with E-state index >= 15 is 0 Å². The summed E-state index contributed by atoms with van der Waals surface area (Å²) < 4.78 is 5.67. The molecular weight excluding hydrogens is 260 g/mol. The van der Waals surface area contributed by atoms with Crippen molar-refractivity contribution in [3.05, 3.63) is 29.8 Å². The van der Waals surface area contributed by atoms with Crippen LogP contribution >= 0.6 is 0 Å². The number of hydrogen-bond donors (Lipinski definition) is 1. The van der Waals surface area contributed by atoms with Crippen molar-refractivity contribution >= 4 is 0 Å². The summed E-state index contributed by atoms with van der Waals surface area (Å²) in [6, 6.07) is 9.03. The summed E-state index contributed by atoms with van der Waals surface area (Å²) in [6.45, 7) is 10.8. The number of nitrogens with zero attached hydrogens (tertiary/aromatic N) is 1. The van der Waals surface area contributed by atoms with Crippen molar-refractivity contribution in [2.75, 3.05) is 13.2 Å². The average Bonchev–Trinajstić information content (AvgIpc) is 2.44. The fraction of sp³-hybridized carbons (Fsp3) is 0.667. The van der Waals surface area contributed by atoms with Crippen molar-refractivity contribution in [3.63, 3.8) is 0 Å². The number of nitrogens with two attached hydrogens (primary N) is 1. The van der Waals surface area contributed by atoms with E-state index in [1.165, 1.54) is 12.0 Å². The van der Waals surface area contributed by atoms with Crippen molar-refractivity contribution in [1.29, 1.82) is 0 Å². The maximum Gasteiger partial charge on any atom is 0.119 e. The highest BCUT2D eigenvalue weighted by Gasteiger charge is 2.36. The maximum absolute atomic E-state index is 6.44. The minimum atomic E-state index is 0.139. The normalized spacial score (nSPS) is 24.0. The van der Waals surface area contributed by atoms with Crippen LogP contribution < -0.4 is 10.5 Å². The highest BCUT2D eigenvalue weighted by atomic mass is 16.5. The van der Waals surface area contributed by atoms with E-state index in [0.29, 0.717) is 6.04 Å². The molecule has 1 aliphatic rings. The molecule has 1 aromatic carbocycles. The van der Waals surface area contributed by atoms with Gasteiger partial charge >= 0.3 is 0 Å². The molecule has 2 atom stereocenters. The molecule has 0 spiro atoms. The van der Waals surface area contributed by atoms with Crippen molar-refractivity contribution in [2.45, 2.75) is 64.6 Å². The Bertz CT molecular complexity index is 436. The van der Waals surface area contributed by atoms with Crippen LogP contribution in [0.5, 0.6) is 5.75 Å². The Hall–Kier alpha value is -1.06. The van der Waals surface area contributed by atoms with E-state index in [2.05, 4.69) is 56.9 Å². The van der Waals surface area contributed by atoms with Crippen molar-refractivity contribution in [2.24, 2.45) is 5.73 Å². The molecule has 3 heteroatoms. The van der Waals surface area contributed by atoms with E-state index in [-0.39, 0.29) is 11.6 Å². The van der Waals surface area contributed by atoms with E-state index in [0.717, 1.165) is 31.7 Å². The van der Waals surface area contributed by atoms with Crippen LogP contribution in [-0.4, -0.2) is 29.6 Å². The molecule has 0 bridgehead atoms. The first kappa shape index (κ1) is 16.3. The minimum Gasteiger partial charge on any atom is -0.494 e. The quantitative estimate of drug-likeness (QED) is 0.918. The van der Waals surface area contributed by atoms with Gasteiger partial charge in [0.05, 0.1) is 12.6 Å². The van der Waals surface area contributed by atoms with Crippen LogP contribution in [0.2, 0.25) is 0 Å². The van der Waals surface area contributed by atoms with Crippen LogP contribution in [0.3, 0.4) is 0 Å². The molecule has 2 rings (SSSR count). The van der Waals surface area contributed by atoms with Gasteiger partial charge in [0.15, 0.2) is 0 Å². The van der Waals surface area contributed by atoms with Crippen LogP contribution in [0.1, 0.15) is 58.6 Å². The zero-order valence-corrected chi connectivity index (χ0v) is 13.9. The van der Waals surface area contributed by atoms with E-state index in [1.54, 1.807) is 0 Å². The second kappa shape index (κ2) is 6.80. The van der Waals surface area contributed by atoms with Crippen LogP contribution in [0, 0.1) is 0 Å². The zero-order valence-electron chi connectivity index (χ0n) is 13.9. The van der Waals surface area contributed by atoms with Gasteiger partial charge in [-0.2, -0.15) is 0 Å². The molecule has 0 aromatic heterocycles. The summed E-state index contributed by atoms with van der Waals surface area (Å²) in [6.07, 6.45) is 3.32. The third kappa shape index (κ3) is 3.98. The molecule has 0 radical (unpaired) electrons. The number of ether oxygens (including phenoxy) is 1. The Kier molecular flexibility index (Phi) is 5.28. The van der Waals surface area contributed by atoms with Crippen molar-refractivity contribution in [3.8, 4) is 5.75 Å². The highest BCUT2D eigenvalue weighted by molar-refractivity contribution is 5.30. The topological polar surface area (TPSA) is 38.5 Å². The van der Waals surface area contributed by atoms with Gasteiger partial charge < -0.3 is 10.5 Å². The predicted molar refractivity (Wildman–Crippen MR) is 88.6 cm³/mol. The first-order chi connectivity index (χ1) is 9.93. The van der Waals surface area contributed by atoms with E-state index in [9.17, 15) is 0 Å². The van der Waals surface area contributed by atoms with Gasteiger partial charge in [0.2, 0.25) is 0 Å². The molecule has 2 N–H and O–H groups in total. The molecule has 1 aliphatic heterocycles. The standard InChI is InChI=1S/C18H30N2O/c1-5-13-21-15-10-8-14(9-11-15)17-16(19)7-6-12-20(17)18(2,3)4/h8-11,16-17H,5-7,12-13,19H2,1-4H3. The van der Waals surface area contributed by atoms with Crippen LogP contribution in [0.25, 0.3) is 0 Å². The molecule has 21 heavy (non-hydrogen) atoms. The molecule has 1 fully saturated rings. The Morgan fingerprint density at radius 3 is 2.48 bits per heavy atom. The summed E-state index contributed by atoms with van der Waals surface area (Å²) in [5.41, 5.74) is 7.89. The monoisotopic (exact) mass is 290 g/mol. The first-order valence-corrected chi connectivity index (χ1v) is 8.18. The van der Waals surface area contributed by atoms with E-state index in [4.69, 9.17) is 10.5 Å². The lowest BCUT2D eigenvalue weighted by Gasteiger charge is -2.47. The Morgan fingerprint density at radius 1 is 1.24 bits per heavy atom. The highest BCUT2D eigenvalue weighted by Crippen LogP contribution is 2.36. The van der Waals surface area contributed by atoms with Crippen molar-refractivity contribution in [1.82, 2.24) is 4.90 Å². The SMILES string of the molecule is CCCOc1ccc(C2C(N)CCCN2C(C)(C)C)cc1. The summed E-state index contributed by atoms with van der Waals surface area (Å²) >= 11 is 0. The molecule has 118 valence electrons. The third-order valence-electron chi connectivity index (χ3n) is 4.23. The smallest absolute Gasteiger partial charge is 0.119 e. The molecule has 1 aromatic rings. The van der Waals surface area contributed by atoms with Gasteiger partial charge in [-0.1, -0.05) is 19.1 Å². The third-order valence-corrected chi connectivity index (χ3v) is 4.23. The fourth-order valence-corrected chi connectivity index (χ4v) is 3.19. The van der Waals surface area contributed by atoms with Crippen molar-refractivity contribution < 1.29 is 4.74 Å². The number of benzene rings is 1. The van der Waals surface area contributed by atoms with Gasteiger partial charge in [0.25, 0.3) is 0 Å². The van der Waals surface area contributed by atoms with Gasteiger partial charge in [-0.05, 0) is 64.3 Å². The van der Waals surface area contributed by atoms with Gasteiger partial charge in [-0.3, -0.25) is 4.90 Å². The molecule has 0 aliphatic carbocycles. The van der Waals surface area contributed by atoms with Gasteiger partial charge in [0.1, 0.15) is 5.75 Å². The molecule has 1 saturated heterocycles. The molecule has 1 heterocycles. The Morgan fingerprint density at radius 2 is 1.90 bits per heavy atom. The van der Waals surface area contributed by atoms with Crippen LogP contribution in [0.4, 0.5) is 0 Å². The number of likely N-dealkylation sites (tertiary alicyclic amines) is 1. The maximum atomic E-state index is 6.44. The predicted octanol–water partition coefficient (Wildman–Crippen LogP) is 3.74. The summed E-state index contributed by atoms with van der Waals surface area (Å²) in [5.74, 6) is 0.951. The summed E-state index contributed by atoms with van der Waals surface area (Å²) in [4.78, 5) is 2.54. The minimum absolute atomic E-state index is 0.139. The van der Waals surface area contributed by atoms with Gasteiger partial charge in [-0.25, -0.2) is 0 Å². The largest absolute Gasteiger partial charge is 0.494 e. The van der Waals surface area contributed by atoms with E-state index < -0.39 is 0 Å². The lowest BCUT2D eigenvalue weighted by molar-refractivity contribution is 0.0384. The second-order valence-electron chi connectivity index (χ2n) is 7.03. The lowest BCUT2D eigenvalue weighted by Crippen LogP contribution is -2.53. The van der Waals surface area contributed by atoms with E-state index in [1.807, 2.05) is 0 Å². The Balaban J connectivity index is 2.19. The van der Waals surface area contributed by atoms with Crippen LogP contribution in [-0.2, 0) is 0 Å². The molecule has 2 unspecified atom stereocenters. The number of hydrogen-bond acceptors (Lipinski definition) is 3. The fourth-order valence-electron chi connectivity index (χ4n) is 3.19. The Labute approximate surface area is 129 Å². The van der Waals surface area contributed by atoms with Crippen LogP contribution in [0.15, 0.2) is 24.3 Å². The lowest BCUT2D eigenvalue weighted by atomic mass is 9.87. The number of rotatable bonds is 4. The second-order valence-corrected chi connectivity index (χ2v) is 7.03. The summed E-state index contributed by atoms with van der Waals surface area (Å²) in [7, 11) is 0. The molecule has 3 nitrogen and oxygen atoms in total.